The highest BCUT2D eigenvalue weighted by Crippen LogP contribution is 2.40. The van der Waals surface area contributed by atoms with Gasteiger partial charge < -0.3 is 4.90 Å². The monoisotopic (exact) mass is 381 g/mol. The number of hydrogen-bond donors (Lipinski definition) is 2. The molecule has 0 aliphatic carbocycles. The van der Waals surface area contributed by atoms with Crippen LogP contribution in [0.5, 0.6) is 0 Å². The number of aromatic nitrogens is 2. The Kier molecular flexibility index (Phi) is 4.13. The number of nitrogens with zero attached hydrogens (tertiary/aromatic N) is 1. The van der Waals surface area contributed by atoms with Gasteiger partial charge in [0.15, 0.2) is 0 Å². The van der Waals surface area contributed by atoms with Crippen molar-refractivity contribution in [2.75, 3.05) is 0 Å². The zero-order chi connectivity index (χ0) is 19.8. The van der Waals surface area contributed by atoms with Gasteiger partial charge in [0.1, 0.15) is 0 Å². The van der Waals surface area contributed by atoms with Gasteiger partial charge in [-0.2, -0.15) is 0 Å². The smallest absolute Gasteiger partial charge is 0.270 e. The SMILES string of the molecule is O=C1c2ccccc2C(c2c(-c3ccccc3)[nH][nH]c2=O)N1Cc1ccccc1. The summed E-state index contributed by atoms with van der Waals surface area (Å²) in [7, 11) is 0. The van der Waals surface area contributed by atoms with E-state index in [-0.39, 0.29) is 11.5 Å². The average molecular weight is 381 g/mol. The van der Waals surface area contributed by atoms with Crippen LogP contribution in [0.1, 0.15) is 33.1 Å². The molecule has 0 saturated carbocycles. The fourth-order valence-corrected chi connectivity index (χ4v) is 4.09. The van der Waals surface area contributed by atoms with E-state index in [0.717, 1.165) is 16.7 Å². The molecule has 5 rings (SSSR count). The van der Waals surface area contributed by atoms with Crippen LogP contribution in [-0.4, -0.2) is 21.0 Å². The van der Waals surface area contributed by atoms with Crippen LogP contribution in [0.15, 0.2) is 89.7 Å². The molecule has 142 valence electrons. The Bertz CT molecular complexity index is 1230. The Morgan fingerprint density at radius 1 is 0.759 bits per heavy atom. The summed E-state index contributed by atoms with van der Waals surface area (Å²) < 4.78 is 0. The van der Waals surface area contributed by atoms with Crippen molar-refractivity contribution in [2.45, 2.75) is 12.6 Å². The summed E-state index contributed by atoms with van der Waals surface area (Å²) in [6, 6.07) is 26.6. The van der Waals surface area contributed by atoms with Crippen LogP contribution in [0.3, 0.4) is 0 Å². The van der Waals surface area contributed by atoms with E-state index in [9.17, 15) is 9.59 Å². The lowest BCUT2D eigenvalue weighted by atomic mass is 9.95. The van der Waals surface area contributed by atoms with Gasteiger partial charge in [0, 0.05) is 12.1 Å². The predicted octanol–water partition coefficient (Wildman–Crippen LogP) is 4.12. The molecule has 1 aromatic heterocycles. The summed E-state index contributed by atoms with van der Waals surface area (Å²) in [4.78, 5) is 27.9. The number of H-pyrrole nitrogens is 2. The molecule has 0 radical (unpaired) electrons. The third kappa shape index (κ3) is 2.88. The summed E-state index contributed by atoms with van der Waals surface area (Å²) in [5, 5.41) is 5.75. The number of aromatic amines is 2. The van der Waals surface area contributed by atoms with Gasteiger partial charge >= 0.3 is 0 Å². The zero-order valence-corrected chi connectivity index (χ0v) is 15.6. The molecule has 0 bridgehead atoms. The minimum atomic E-state index is -0.455. The third-order valence-corrected chi connectivity index (χ3v) is 5.40. The second-order valence-corrected chi connectivity index (χ2v) is 7.14. The first kappa shape index (κ1) is 17.3. The number of carbonyl (C=O) groups is 1. The molecule has 2 heterocycles. The third-order valence-electron chi connectivity index (χ3n) is 5.40. The van der Waals surface area contributed by atoms with Crippen LogP contribution in [-0.2, 0) is 6.54 Å². The second-order valence-electron chi connectivity index (χ2n) is 7.14. The van der Waals surface area contributed by atoms with Crippen molar-refractivity contribution in [3.8, 4) is 11.3 Å². The van der Waals surface area contributed by atoms with Crippen LogP contribution in [0.4, 0.5) is 0 Å². The standard InChI is InChI=1S/C24H19N3O2/c28-23-20(21(25-26-23)17-11-5-2-6-12-17)22-18-13-7-8-14-19(18)24(29)27(22)15-16-9-3-1-4-10-16/h1-14,22H,15H2,(H2,25,26,28). The van der Waals surface area contributed by atoms with Crippen molar-refractivity contribution >= 4 is 5.91 Å². The first-order valence-corrected chi connectivity index (χ1v) is 9.54. The molecule has 4 aromatic rings. The molecule has 5 heteroatoms. The maximum atomic E-state index is 13.3. The van der Waals surface area contributed by atoms with Gasteiger partial charge in [-0.3, -0.25) is 19.8 Å². The van der Waals surface area contributed by atoms with Crippen LogP contribution >= 0.6 is 0 Å². The minimum Gasteiger partial charge on any atom is -0.323 e. The summed E-state index contributed by atoms with van der Waals surface area (Å²) in [6.07, 6.45) is 0. The van der Waals surface area contributed by atoms with E-state index in [1.807, 2.05) is 84.9 Å². The second kappa shape index (κ2) is 6.95. The Morgan fingerprint density at radius 2 is 1.41 bits per heavy atom. The molecule has 1 aliphatic rings. The summed E-state index contributed by atoms with van der Waals surface area (Å²) in [5.41, 5.74) is 4.48. The highest BCUT2D eigenvalue weighted by Gasteiger charge is 2.40. The molecular formula is C24H19N3O2. The largest absolute Gasteiger partial charge is 0.323 e. The quantitative estimate of drug-likeness (QED) is 0.558. The van der Waals surface area contributed by atoms with Gasteiger partial charge in [0.05, 0.1) is 17.3 Å². The average Bonchev–Trinajstić information content (AvgIpc) is 3.27. The van der Waals surface area contributed by atoms with Crippen LogP contribution < -0.4 is 5.56 Å². The lowest BCUT2D eigenvalue weighted by Gasteiger charge is -2.25. The fraction of sp³-hybridized carbons (Fsp3) is 0.0833. The van der Waals surface area contributed by atoms with E-state index in [1.54, 1.807) is 4.90 Å². The van der Waals surface area contributed by atoms with Gasteiger partial charge in [0.2, 0.25) is 0 Å². The van der Waals surface area contributed by atoms with Crippen LogP contribution in [0.2, 0.25) is 0 Å². The Balaban J connectivity index is 1.68. The maximum Gasteiger partial charge on any atom is 0.270 e. The Hall–Kier alpha value is -3.86. The first-order chi connectivity index (χ1) is 14.2. The number of hydrogen-bond acceptors (Lipinski definition) is 2. The molecule has 1 unspecified atom stereocenters. The normalized spacial score (nSPS) is 15.5. The highest BCUT2D eigenvalue weighted by atomic mass is 16.2. The molecule has 1 atom stereocenters. The number of rotatable bonds is 4. The van der Waals surface area contributed by atoms with Crippen molar-refractivity contribution in [1.82, 2.24) is 15.1 Å². The predicted molar refractivity (Wildman–Crippen MR) is 111 cm³/mol. The van der Waals surface area contributed by atoms with Crippen molar-refractivity contribution in [1.29, 1.82) is 0 Å². The van der Waals surface area contributed by atoms with E-state index >= 15 is 0 Å². The molecule has 1 aliphatic heterocycles. The lowest BCUT2D eigenvalue weighted by Crippen LogP contribution is -2.30. The van der Waals surface area contributed by atoms with Gasteiger partial charge in [-0.05, 0) is 22.8 Å². The lowest BCUT2D eigenvalue weighted by molar-refractivity contribution is 0.0736. The Morgan fingerprint density at radius 3 is 2.17 bits per heavy atom. The van der Waals surface area contributed by atoms with Crippen molar-refractivity contribution < 1.29 is 4.79 Å². The van der Waals surface area contributed by atoms with Gasteiger partial charge in [-0.25, -0.2) is 0 Å². The number of fused-ring (bicyclic) bond motifs is 1. The van der Waals surface area contributed by atoms with Crippen LogP contribution in [0.25, 0.3) is 11.3 Å². The van der Waals surface area contributed by atoms with E-state index in [2.05, 4.69) is 10.2 Å². The number of carbonyl (C=O) groups excluding carboxylic acids is 1. The molecule has 1 amide bonds. The fourth-order valence-electron chi connectivity index (χ4n) is 4.09. The summed E-state index contributed by atoms with van der Waals surface area (Å²) in [6.45, 7) is 0.428. The van der Waals surface area contributed by atoms with Gasteiger partial charge in [-0.15, -0.1) is 0 Å². The molecule has 2 N–H and O–H groups in total. The highest BCUT2D eigenvalue weighted by molar-refractivity contribution is 6.00. The molecule has 0 spiro atoms. The number of nitrogens with one attached hydrogen (secondary N) is 2. The first-order valence-electron chi connectivity index (χ1n) is 9.54. The van der Waals surface area contributed by atoms with Gasteiger partial charge in [0.25, 0.3) is 11.5 Å². The summed E-state index contributed by atoms with van der Waals surface area (Å²) >= 11 is 0. The molecular weight excluding hydrogens is 362 g/mol. The molecule has 5 nitrogen and oxygen atoms in total. The minimum absolute atomic E-state index is 0.0611. The molecule has 0 fully saturated rings. The van der Waals surface area contributed by atoms with E-state index in [4.69, 9.17) is 0 Å². The summed E-state index contributed by atoms with van der Waals surface area (Å²) in [5.74, 6) is -0.0611. The Labute approximate surface area is 167 Å². The van der Waals surface area contributed by atoms with E-state index in [0.29, 0.717) is 23.4 Å². The van der Waals surface area contributed by atoms with Crippen molar-refractivity contribution in [3.05, 3.63) is 118 Å². The molecule has 0 saturated heterocycles. The topological polar surface area (TPSA) is 69.0 Å². The van der Waals surface area contributed by atoms with Gasteiger partial charge in [-0.1, -0.05) is 78.9 Å². The van der Waals surface area contributed by atoms with Crippen molar-refractivity contribution in [2.24, 2.45) is 0 Å². The van der Waals surface area contributed by atoms with Crippen LogP contribution in [0, 0.1) is 0 Å². The number of benzene rings is 3. The van der Waals surface area contributed by atoms with E-state index in [1.165, 1.54) is 0 Å². The van der Waals surface area contributed by atoms with Crippen molar-refractivity contribution in [3.63, 3.8) is 0 Å². The number of amides is 1. The maximum absolute atomic E-state index is 13.3. The van der Waals surface area contributed by atoms with E-state index < -0.39 is 6.04 Å². The zero-order valence-electron chi connectivity index (χ0n) is 15.6. The molecule has 29 heavy (non-hydrogen) atoms. The molecule has 3 aromatic carbocycles.